The Morgan fingerprint density at radius 2 is 1.95 bits per heavy atom. The molecule has 0 saturated carbocycles. The molecule has 102 valence electrons. The average Bonchev–Trinajstić information content (AvgIpc) is 2.46. The monoisotopic (exact) mass is 263 g/mol. The quantitative estimate of drug-likeness (QED) is 0.900. The molecule has 0 aromatic heterocycles. The van der Waals surface area contributed by atoms with Crippen LogP contribution in [0.25, 0.3) is 0 Å². The summed E-state index contributed by atoms with van der Waals surface area (Å²) in [5, 5.41) is 8.82. The number of carboxylic acids is 1. The second kappa shape index (κ2) is 5.84. The van der Waals surface area contributed by atoms with E-state index in [9.17, 15) is 9.59 Å². The van der Waals surface area contributed by atoms with Crippen LogP contribution in [0.2, 0.25) is 0 Å². The van der Waals surface area contributed by atoms with Crippen molar-refractivity contribution in [2.24, 2.45) is 0 Å². The molecule has 0 aliphatic carbocycles. The van der Waals surface area contributed by atoms with Crippen LogP contribution < -0.4 is 0 Å². The molecule has 1 saturated heterocycles. The smallest absolute Gasteiger partial charge is 0.335 e. The van der Waals surface area contributed by atoms with E-state index in [4.69, 9.17) is 9.84 Å². The van der Waals surface area contributed by atoms with Crippen molar-refractivity contribution in [3.63, 3.8) is 0 Å². The summed E-state index contributed by atoms with van der Waals surface area (Å²) in [5.41, 5.74) is 0.701. The maximum Gasteiger partial charge on any atom is 0.335 e. The maximum atomic E-state index is 12.3. The number of ether oxygens (including phenoxy) is 1. The number of hydrogen-bond donors (Lipinski definition) is 1. The molecule has 19 heavy (non-hydrogen) atoms. The summed E-state index contributed by atoms with van der Waals surface area (Å²) >= 11 is 0. The third-order valence-electron chi connectivity index (χ3n) is 3.26. The fourth-order valence-corrected chi connectivity index (χ4v) is 2.09. The van der Waals surface area contributed by atoms with Crippen molar-refractivity contribution in [3.05, 3.63) is 35.4 Å². The van der Waals surface area contributed by atoms with Crippen LogP contribution in [0, 0.1) is 0 Å². The van der Waals surface area contributed by atoms with Gasteiger partial charge < -0.3 is 14.7 Å². The highest BCUT2D eigenvalue weighted by Crippen LogP contribution is 2.13. The van der Waals surface area contributed by atoms with Crippen molar-refractivity contribution < 1.29 is 19.4 Å². The molecule has 1 aliphatic heterocycles. The molecule has 5 heteroatoms. The van der Waals surface area contributed by atoms with Crippen LogP contribution in [0.15, 0.2) is 24.3 Å². The summed E-state index contributed by atoms with van der Waals surface area (Å²) < 4.78 is 5.52. The van der Waals surface area contributed by atoms with Gasteiger partial charge in [-0.2, -0.15) is 0 Å². The summed E-state index contributed by atoms with van der Waals surface area (Å²) in [4.78, 5) is 24.8. The summed E-state index contributed by atoms with van der Waals surface area (Å²) in [6, 6.07) is 6.02. The molecule has 1 aromatic rings. The molecule has 1 amide bonds. The molecule has 1 heterocycles. The lowest BCUT2D eigenvalue weighted by molar-refractivity contribution is -0.0226. The predicted octanol–water partition coefficient (Wildman–Crippen LogP) is 1.64. The topological polar surface area (TPSA) is 66.8 Å². The highest BCUT2D eigenvalue weighted by atomic mass is 16.5. The van der Waals surface area contributed by atoms with E-state index in [1.54, 1.807) is 17.0 Å². The van der Waals surface area contributed by atoms with E-state index >= 15 is 0 Å². The minimum absolute atomic E-state index is 0.0707. The van der Waals surface area contributed by atoms with Crippen LogP contribution >= 0.6 is 0 Å². The first-order chi connectivity index (χ1) is 9.11. The zero-order chi connectivity index (χ0) is 13.8. The van der Waals surface area contributed by atoms with Gasteiger partial charge in [0, 0.05) is 18.7 Å². The summed E-state index contributed by atoms with van der Waals surface area (Å²) in [6.45, 7) is 3.75. The first kappa shape index (κ1) is 13.5. The Labute approximate surface area is 111 Å². The minimum Gasteiger partial charge on any atom is -0.478 e. The molecule has 1 atom stereocenters. The van der Waals surface area contributed by atoms with E-state index < -0.39 is 5.97 Å². The lowest BCUT2D eigenvalue weighted by atomic mass is 10.1. The van der Waals surface area contributed by atoms with Crippen LogP contribution in [0.5, 0.6) is 0 Å². The number of hydrogen-bond acceptors (Lipinski definition) is 3. The number of nitrogens with zero attached hydrogens (tertiary/aromatic N) is 1. The molecule has 0 unspecified atom stereocenters. The Balaban J connectivity index is 2.08. The number of benzene rings is 1. The highest BCUT2D eigenvalue weighted by Gasteiger charge is 2.23. The van der Waals surface area contributed by atoms with E-state index in [-0.39, 0.29) is 17.6 Å². The van der Waals surface area contributed by atoms with Gasteiger partial charge in [0.05, 0.1) is 18.3 Å². The van der Waals surface area contributed by atoms with Gasteiger partial charge in [0.25, 0.3) is 5.91 Å². The molecular formula is C14H17NO4. The van der Waals surface area contributed by atoms with Gasteiger partial charge in [-0.15, -0.1) is 0 Å². The van der Waals surface area contributed by atoms with Crippen molar-refractivity contribution in [1.29, 1.82) is 0 Å². The van der Waals surface area contributed by atoms with Crippen molar-refractivity contribution in [3.8, 4) is 0 Å². The van der Waals surface area contributed by atoms with E-state index in [2.05, 4.69) is 0 Å². The van der Waals surface area contributed by atoms with Gasteiger partial charge in [0.2, 0.25) is 0 Å². The number of carboxylic acid groups (broad SMARTS) is 1. The van der Waals surface area contributed by atoms with Gasteiger partial charge in [-0.1, -0.05) is 6.92 Å². The van der Waals surface area contributed by atoms with Gasteiger partial charge in [0.15, 0.2) is 0 Å². The zero-order valence-electron chi connectivity index (χ0n) is 10.8. The first-order valence-electron chi connectivity index (χ1n) is 6.36. The van der Waals surface area contributed by atoms with Crippen LogP contribution in [0.4, 0.5) is 0 Å². The number of rotatable bonds is 3. The predicted molar refractivity (Wildman–Crippen MR) is 69.3 cm³/mol. The lowest BCUT2D eigenvalue weighted by Crippen LogP contribution is -2.45. The van der Waals surface area contributed by atoms with E-state index in [0.29, 0.717) is 25.3 Å². The number of amides is 1. The minimum atomic E-state index is -0.989. The normalized spacial score (nSPS) is 19.2. The number of morpholine rings is 1. The average molecular weight is 263 g/mol. The summed E-state index contributed by atoms with van der Waals surface area (Å²) in [6.07, 6.45) is 0.970. The molecule has 1 N–H and O–H groups in total. The second-order valence-electron chi connectivity index (χ2n) is 4.53. The molecule has 2 rings (SSSR count). The lowest BCUT2D eigenvalue weighted by Gasteiger charge is -2.32. The molecule has 1 aromatic carbocycles. The molecule has 0 radical (unpaired) electrons. The zero-order valence-corrected chi connectivity index (χ0v) is 10.8. The number of carbonyl (C=O) groups excluding carboxylic acids is 1. The van der Waals surface area contributed by atoms with E-state index in [1.165, 1.54) is 12.1 Å². The van der Waals surface area contributed by atoms with Gasteiger partial charge in [-0.05, 0) is 30.7 Å². The molecular weight excluding hydrogens is 246 g/mol. The van der Waals surface area contributed by atoms with Crippen LogP contribution in [-0.4, -0.2) is 47.7 Å². The fourth-order valence-electron chi connectivity index (χ4n) is 2.09. The standard InChI is InChI=1S/C14H17NO4/c1-2-12-9-15(7-8-19-12)13(16)10-3-5-11(6-4-10)14(17)18/h3-6,12H,2,7-9H2,1H3,(H,17,18)/t12-/m0/s1. The Morgan fingerprint density at radius 1 is 1.32 bits per heavy atom. The second-order valence-corrected chi connectivity index (χ2v) is 4.53. The molecule has 0 spiro atoms. The molecule has 1 aliphatic rings. The molecule has 0 bridgehead atoms. The Morgan fingerprint density at radius 3 is 2.53 bits per heavy atom. The van der Waals surface area contributed by atoms with Crippen molar-refractivity contribution in [2.75, 3.05) is 19.7 Å². The Bertz CT molecular complexity index is 469. The maximum absolute atomic E-state index is 12.3. The van der Waals surface area contributed by atoms with E-state index in [0.717, 1.165) is 6.42 Å². The van der Waals surface area contributed by atoms with Crippen LogP contribution in [-0.2, 0) is 4.74 Å². The first-order valence-corrected chi connectivity index (χ1v) is 6.36. The summed E-state index contributed by atoms with van der Waals surface area (Å²) in [7, 11) is 0. The molecule has 1 fully saturated rings. The molecule has 5 nitrogen and oxygen atoms in total. The van der Waals surface area contributed by atoms with Gasteiger partial charge in [0.1, 0.15) is 0 Å². The highest BCUT2D eigenvalue weighted by molar-refractivity contribution is 5.96. The Hall–Kier alpha value is -1.88. The van der Waals surface area contributed by atoms with Crippen LogP contribution in [0.1, 0.15) is 34.1 Å². The Kier molecular flexibility index (Phi) is 4.16. The fraction of sp³-hybridized carbons (Fsp3) is 0.429. The number of carbonyl (C=O) groups is 2. The van der Waals surface area contributed by atoms with Gasteiger partial charge in [-0.3, -0.25) is 4.79 Å². The SMILES string of the molecule is CC[C@H]1CN(C(=O)c2ccc(C(=O)O)cc2)CCO1. The van der Waals surface area contributed by atoms with Crippen molar-refractivity contribution >= 4 is 11.9 Å². The third-order valence-corrected chi connectivity index (χ3v) is 3.26. The van der Waals surface area contributed by atoms with Gasteiger partial charge >= 0.3 is 5.97 Å². The van der Waals surface area contributed by atoms with E-state index in [1.807, 2.05) is 6.92 Å². The largest absolute Gasteiger partial charge is 0.478 e. The van der Waals surface area contributed by atoms with Crippen molar-refractivity contribution in [2.45, 2.75) is 19.4 Å². The number of aromatic carboxylic acids is 1. The van der Waals surface area contributed by atoms with Crippen molar-refractivity contribution in [1.82, 2.24) is 4.90 Å². The summed E-state index contributed by atoms with van der Waals surface area (Å²) in [5.74, 6) is -1.06. The third kappa shape index (κ3) is 3.12. The van der Waals surface area contributed by atoms with Crippen LogP contribution in [0.3, 0.4) is 0 Å². The van der Waals surface area contributed by atoms with Gasteiger partial charge in [-0.25, -0.2) is 4.79 Å².